The van der Waals surface area contributed by atoms with Crippen molar-refractivity contribution in [3.05, 3.63) is 70.1 Å². The first-order valence-electron chi connectivity index (χ1n) is 9.18. The predicted octanol–water partition coefficient (Wildman–Crippen LogP) is 3.94. The second kappa shape index (κ2) is 9.31. The lowest BCUT2D eigenvalue weighted by Crippen LogP contribution is -2.14. The Bertz CT molecular complexity index is 1160. The van der Waals surface area contributed by atoms with Crippen molar-refractivity contribution in [2.75, 3.05) is 30.6 Å². The Morgan fingerprint density at radius 3 is 2.39 bits per heavy atom. The number of nitrogen functional groups attached to an aromatic ring is 1. The summed E-state index contributed by atoms with van der Waals surface area (Å²) in [5.41, 5.74) is 7.64. The van der Waals surface area contributed by atoms with E-state index in [2.05, 4.69) is 10.6 Å². The molecule has 1 heterocycles. The molecule has 0 spiro atoms. The molecule has 0 unspecified atom stereocenters. The number of hydrogen-bond donors (Lipinski definition) is 3. The highest BCUT2D eigenvalue weighted by Gasteiger charge is 2.26. The van der Waals surface area contributed by atoms with Crippen molar-refractivity contribution in [2.45, 2.75) is 6.92 Å². The fraction of sp³-hybridized carbons (Fsp3) is 0.136. The second-order valence-corrected chi connectivity index (χ2v) is 7.54. The Morgan fingerprint density at radius 1 is 0.968 bits per heavy atom. The molecule has 160 valence electrons. The highest BCUT2D eigenvalue weighted by atomic mass is 32.1. The van der Waals surface area contributed by atoms with Crippen molar-refractivity contribution < 1.29 is 23.9 Å². The highest BCUT2D eigenvalue weighted by molar-refractivity contribution is 7.19. The molecule has 0 bridgehead atoms. The van der Waals surface area contributed by atoms with Gasteiger partial charge < -0.3 is 25.8 Å². The van der Waals surface area contributed by atoms with E-state index in [-0.39, 0.29) is 15.4 Å². The molecule has 9 heteroatoms. The lowest BCUT2D eigenvalue weighted by atomic mass is 10.1. The van der Waals surface area contributed by atoms with Gasteiger partial charge in [0, 0.05) is 16.9 Å². The fourth-order valence-corrected chi connectivity index (χ4v) is 4.00. The summed E-state index contributed by atoms with van der Waals surface area (Å²) in [4.78, 5) is 38.2. The van der Waals surface area contributed by atoms with Gasteiger partial charge in [-0.2, -0.15) is 0 Å². The zero-order valence-electron chi connectivity index (χ0n) is 17.1. The SMILES string of the molecule is COC(=O)c1c(NC(=O)c2cccc(OC)c2)sc(C(=O)Nc2cccc(N)c2)c1C. The van der Waals surface area contributed by atoms with Crippen LogP contribution in [0.3, 0.4) is 0 Å². The number of carbonyl (C=O) groups is 3. The van der Waals surface area contributed by atoms with E-state index >= 15 is 0 Å². The first kappa shape index (κ1) is 21.8. The maximum atomic E-state index is 12.8. The summed E-state index contributed by atoms with van der Waals surface area (Å²) >= 11 is 0.987. The standard InChI is InChI=1S/C22H21N3O5S/c1-12-17(22(28)30-3)21(25-19(26)13-6-4-9-16(10-13)29-2)31-18(12)20(27)24-15-8-5-7-14(23)11-15/h4-11H,23H2,1-3H3,(H,24,27)(H,25,26). The summed E-state index contributed by atoms with van der Waals surface area (Å²) in [6, 6.07) is 13.3. The van der Waals surface area contributed by atoms with E-state index in [0.29, 0.717) is 28.3 Å². The number of carbonyl (C=O) groups excluding carboxylic acids is 3. The average Bonchev–Trinajstić information content (AvgIpc) is 3.09. The molecule has 4 N–H and O–H groups in total. The smallest absolute Gasteiger partial charge is 0.341 e. The molecule has 0 saturated heterocycles. The van der Waals surface area contributed by atoms with Gasteiger partial charge in [-0.15, -0.1) is 11.3 Å². The van der Waals surface area contributed by atoms with Crippen LogP contribution in [0.15, 0.2) is 48.5 Å². The lowest BCUT2D eigenvalue weighted by Gasteiger charge is -2.07. The van der Waals surface area contributed by atoms with Gasteiger partial charge in [0.1, 0.15) is 10.8 Å². The topological polar surface area (TPSA) is 120 Å². The Morgan fingerprint density at radius 2 is 1.71 bits per heavy atom. The summed E-state index contributed by atoms with van der Waals surface area (Å²) in [5, 5.41) is 5.67. The molecular formula is C22H21N3O5S. The maximum absolute atomic E-state index is 12.8. The van der Waals surface area contributed by atoms with Crippen molar-refractivity contribution >= 4 is 45.5 Å². The molecule has 0 atom stereocenters. The third kappa shape index (κ3) is 4.84. The molecule has 8 nitrogen and oxygen atoms in total. The van der Waals surface area contributed by atoms with E-state index < -0.39 is 17.8 Å². The van der Waals surface area contributed by atoms with Crippen LogP contribution in [-0.2, 0) is 4.74 Å². The van der Waals surface area contributed by atoms with Crippen LogP contribution in [-0.4, -0.2) is 32.0 Å². The molecule has 0 radical (unpaired) electrons. The molecule has 0 saturated carbocycles. The van der Waals surface area contributed by atoms with Crippen LogP contribution in [0, 0.1) is 6.92 Å². The molecule has 31 heavy (non-hydrogen) atoms. The summed E-state index contributed by atoms with van der Waals surface area (Å²) in [6.07, 6.45) is 0. The molecule has 0 fully saturated rings. The molecule has 0 aliphatic carbocycles. The molecule has 1 aromatic heterocycles. The van der Waals surface area contributed by atoms with Gasteiger partial charge in [0.2, 0.25) is 0 Å². The van der Waals surface area contributed by atoms with Gasteiger partial charge in [0.05, 0.1) is 24.7 Å². The van der Waals surface area contributed by atoms with Gasteiger partial charge in [-0.05, 0) is 48.9 Å². The number of nitrogens with two attached hydrogens (primary N) is 1. The van der Waals surface area contributed by atoms with Gasteiger partial charge in [-0.25, -0.2) is 4.79 Å². The van der Waals surface area contributed by atoms with Crippen LogP contribution in [0.5, 0.6) is 5.75 Å². The fourth-order valence-electron chi connectivity index (χ4n) is 2.91. The van der Waals surface area contributed by atoms with Crippen molar-refractivity contribution in [3.63, 3.8) is 0 Å². The minimum Gasteiger partial charge on any atom is -0.497 e. The van der Waals surface area contributed by atoms with Crippen molar-refractivity contribution in [2.24, 2.45) is 0 Å². The van der Waals surface area contributed by atoms with Crippen molar-refractivity contribution in [1.29, 1.82) is 0 Å². The number of thiophene rings is 1. The normalized spacial score (nSPS) is 10.3. The zero-order chi connectivity index (χ0) is 22.5. The minimum absolute atomic E-state index is 0.126. The maximum Gasteiger partial charge on any atom is 0.341 e. The van der Waals surface area contributed by atoms with Crippen LogP contribution in [0.25, 0.3) is 0 Å². The molecule has 0 aliphatic heterocycles. The second-order valence-electron chi connectivity index (χ2n) is 6.52. The Hall–Kier alpha value is -3.85. The molecule has 3 aromatic rings. The summed E-state index contributed by atoms with van der Waals surface area (Å²) in [7, 11) is 2.74. The van der Waals surface area contributed by atoms with Gasteiger partial charge in [0.25, 0.3) is 11.8 Å². The number of ether oxygens (including phenoxy) is 2. The van der Waals surface area contributed by atoms with Crippen LogP contribution in [0.1, 0.15) is 36.0 Å². The zero-order valence-corrected chi connectivity index (χ0v) is 18.0. The van der Waals surface area contributed by atoms with Crippen molar-refractivity contribution in [3.8, 4) is 5.75 Å². The summed E-state index contributed by atoms with van der Waals surface area (Å²) in [6.45, 7) is 1.62. The highest BCUT2D eigenvalue weighted by Crippen LogP contribution is 2.34. The quantitative estimate of drug-likeness (QED) is 0.395. The van der Waals surface area contributed by atoms with Gasteiger partial charge in [0.15, 0.2) is 0 Å². The third-order valence-electron chi connectivity index (χ3n) is 4.45. The Balaban J connectivity index is 1.93. The van der Waals surface area contributed by atoms with E-state index in [1.807, 2.05) is 0 Å². The molecular weight excluding hydrogens is 418 g/mol. The number of hydrogen-bond acceptors (Lipinski definition) is 7. The minimum atomic E-state index is -0.655. The average molecular weight is 439 g/mol. The summed E-state index contributed by atoms with van der Waals surface area (Å²) < 4.78 is 10.00. The van der Waals surface area contributed by atoms with Gasteiger partial charge in [-0.1, -0.05) is 12.1 Å². The summed E-state index contributed by atoms with van der Waals surface area (Å²) in [5.74, 6) is -1.02. The predicted molar refractivity (Wildman–Crippen MR) is 120 cm³/mol. The number of methoxy groups -OCH3 is 2. The first-order valence-corrected chi connectivity index (χ1v) is 9.99. The van der Waals surface area contributed by atoms with E-state index in [1.54, 1.807) is 55.5 Å². The molecule has 2 aromatic carbocycles. The lowest BCUT2D eigenvalue weighted by molar-refractivity contribution is 0.0601. The van der Waals surface area contributed by atoms with Gasteiger partial charge in [-0.3, -0.25) is 9.59 Å². The molecule has 2 amide bonds. The number of nitrogens with one attached hydrogen (secondary N) is 2. The van der Waals surface area contributed by atoms with Gasteiger partial charge >= 0.3 is 5.97 Å². The van der Waals surface area contributed by atoms with E-state index in [0.717, 1.165) is 11.3 Å². The monoisotopic (exact) mass is 439 g/mol. The van der Waals surface area contributed by atoms with Crippen LogP contribution < -0.4 is 21.1 Å². The number of anilines is 3. The molecule has 0 aliphatic rings. The number of esters is 1. The van der Waals surface area contributed by atoms with E-state index in [1.165, 1.54) is 14.2 Å². The van der Waals surface area contributed by atoms with Crippen LogP contribution in [0.4, 0.5) is 16.4 Å². The first-order chi connectivity index (χ1) is 14.8. The molecule has 3 rings (SSSR count). The van der Waals surface area contributed by atoms with Crippen LogP contribution >= 0.6 is 11.3 Å². The Kier molecular flexibility index (Phi) is 6.56. The largest absolute Gasteiger partial charge is 0.497 e. The number of amides is 2. The van der Waals surface area contributed by atoms with Crippen molar-refractivity contribution in [1.82, 2.24) is 0 Å². The van der Waals surface area contributed by atoms with E-state index in [9.17, 15) is 14.4 Å². The number of rotatable bonds is 6. The van der Waals surface area contributed by atoms with Crippen LogP contribution in [0.2, 0.25) is 0 Å². The Labute approximate surface area is 183 Å². The van der Waals surface area contributed by atoms with E-state index in [4.69, 9.17) is 15.2 Å². The third-order valence-corrected chi connectivity index (χ3v) is 5.65. The number of benzene rings is 2.